The molecule has 1 aromatic carbocycles. The highest BCUT2D eigenvalue weighted by Gasteiger charge is 2.23. The molecule has 0 spiro atoms. The van der Waals surface area contributed by atoms with Gasteiger partial charge in [0, 0.05) is 13.1 Å². The Labute approximate surface area is 136 Å². The van der Waals surface area contributed by atoms with Gasteiger partial charge in [0.25, 0.3) is 11.5 Å². The highest BCUT2D eigenvalue weighted by atomic mass is 19.1. The lowest BCUT2D eigenvalue weighted by atomic mass is 10.2. The fourth-order valence-corrected chi connectivity index (χ4v) is 2.79. The molecule has 1 amide bonds. The van der Waals surface area contributed by atoms with E-state index in [4.69, 9.17) is 0 Å². The van der Waals surface area contributed by atoms with Gasteiger partial charge in [-0.25, -0.2) is 9.18 Å². The van der Waals surface area contributed by atoms with Crippen LogP contribution in [0.25, 0.3) is 5.69 Å². The van der Waals surface area contributed by atoms with Crippen LogP contribution in [-0.4, -0.2) is 26.3 Å². The molecule has 24 heavy (non-hydrogen) atoms. The predicted molar refractivity (Wildman–Crippen MR) is 84.8 cm³/mol. The molecule has 1 N–H and O–H groups in total. The predicted octanol–water partition coefficient (Wildman–Crippen LogP) is 0.743. The molecule has 0 aliphatic heterocycles. The second kappa shape index (κ2) is 6.38. The minimum atomic E-state index is -0.756. The molecule has 2 aromatic rings. The summed E-state index contributed by atoms with van der Waals surface area (Å²) in [7, 11) is 1.28. The number of hydrogen-bond donors (Lipinski definition) is 1. The van der Waals surface area contributed by atoms with E-state index in [1.54, 1.807) is 0 Å². The first-order valence-electron chi connectivity index (χ1n) is 7.74. The summed E-state index contributed by atoms with van der Waals surface area (Å²) < 4.78 is 14.8. The van der Waals surface area contributed by atoms with E-state index in [0.29, 0.717) is 0 Å². The molecule has 3 rings (SSSR count). The van der Waals surface area contributed by atoms with Crippen LogP contribution in [0.2, 0.25) is 0 Å². The van der Waals surface area contributed by atoms with Crippen LogP contribution in [0.4, 0.5) is 4.39 Å². The van der Waals surface area contributed by atoms with Crippen molar-refractivity contribution in [2.75, 3.05) is 0 Å². The minimum Gasteiger partial charge on any atom is -0.348 e. The first kappa shape index (κ1) is 16.1. The van der Waals surface area contributed by atoms with E-state index in [-0.39, 0.29) is 17.4 Å². The second-order valence-electron chi connectivity index (χ2n) is 5.84. The summed E-state index contributed by atoms with van der Waals surface area (Å²) in [5.41, 5.74) is -1.54. The molecule has 0 radical (unpaired) electrons. The Morgan fingerprint density at radius 3 is 2.46 bits per heavy atom. The van der Waals surface area contributed by atoms with E-state index in [1.165, 1.54) is 31.3 Å². The van der Waals surface area contributed by atoms with Crippen LogP contribution in [0, 0.1) is 5.82 Å². The first-order valence-corrected chi connectivity index (χ1v) is 7.74. The van der Waals surface area contributed by atoms with E-state index in [9.17, 15) is 18.8 Å². The lowest BCUT2D eigenvalue weighted by Crippen LogP contribution is -2.45. The molecule has 7 nitrogen and oxygen atoms in total. The molecule has 1 aliphatic carbocycles. The topological polar surface area (TPSA) is 86.0 Å². The Morgan fingerprint density at radius 2 is 1.83 bits per heavy atom. The van der Waals surface area contributed by atoms with E-state index < -0.39 is 23.0 Å². The van der Waals surface area contributed by atoms with Gasteiger partial charge in [0.1, 0.15) is 5.82 Å². The van der Waals surface area contributed by atoms with E-state index in [0.717, 1.165) is 34.9 Å². The summed E-state index contributed by atoms with van der Waals surface area (Å²) in [6, 6.07) is 5.08. The van der Waals surface area contributed by atoms with Crippen molar-refractivity contribution >= 4 is 5.91 Å². The monoisotopic (exact) mass is 332 g/mol. The van der Waals surface area contributed by atoms with Gasteiger partial charge < -0.3 is 5.32 Å². The summed E-state index contributed by atoms with van der Waals surface area (Å²) in [6.45, 7) is 0. The van der Waals surface area contributed by atoms with Crippen LogP contribution < -0.4 is 16.6 Å². The molecule has 0 unspecified atom stereocenters. The Hall–Kier alpha value is -2.77. The maximum Gasteiger partial charge on any atom is 0.351 e. The Balaban J connectivity index is 2.03. The van der Waals surface area contributed by atoms with Crippen molar-refractivity contribution in [1.29, 1.82) is 0 Å². The lowest BCUT2D eigenvalue weighted by molar-refractivity contribution is 0.0928. The number of nitrogens with zero attached hydrogens (tertiary/aromatic N) is 3. The zero-order valence-electron chi connectivity index (χ0n) is 13.2. The fraction of sp³-hybridized carbons (Fsp3) is 0.375. The van der Waals surface area contributed by atoms with Gasteiger partial charge in [0.2, 0.25) is 5.69 Å². The van der Waals surface area contributed by atoms with Crippen molar-refractivity contribution in [3.05, 3.63) is 56.6 Å². The van der Waals surface area contributed by atoms with Gasteiger partial charge >= 0.3 is 5.69 Å². The maximum absolute atomic E-state index is 13.1. The quantitative estimate of drug-likeness (QED) is 0.898. The van der Waals surface area contributed by atoms with Crippen LogP contribution in [0.3, 0.4) is 0 Å². The van der Waals surface area contributed by atoms with Crippen molar-refractivity contribution in [2.24, 2.45) is 7.05 Å². The summed E-state index contributed by atoms with van der Waals surface area (Å²) in [4.78, 5) is 36.8. The molecule has 1 heterocycles. The van der Waals surface area contributed by atoms with Gasteiger partial charge in [0.15, 0.2) is 0 Å². The van der Waals surface area contributed by atoms with E-state index in [2.05, 4.69) is 10.4 Å². The number of aromatic nitrogens is 3. The average molecular weight is 332 g/mol. The Morgan fingerprint density at radius 1 is 1.21 bits per heavy atom. The second-order valence-corrected chi connectivity index (χ2v) is 5.84. The van der Waals surface area contributed by atoms with Crippen molar-refractivity contribution < 1.29 is 9.18 Å². The molecule has 8 heteroatoms. The number of nitrogens with one attached hydrogen (secondary N) is 1. The largest absolute Gasteiger partial charge is 0.351 e. The summed E-state index contributed by atoms with van der Waals surface area (Å²) in [5.74, 6) is -1.06. The molecule has 0 atom stereocenters. The fourth-order valence-electron chi connectivity index (χ4n) is 2.79. The van der Waals surface area contributed by atoms with Crippen LogP contribution in [0.1, 0.15) is 36.2 Å². The average Bonchev–Trinajstić information content (AvgIpc) is 3.07. The highest BCUT2D eigenvalue weighted by molar-refractivity contribution is 5.92. The molecular formula is C16H17FN4O3. The number of amides is 1. The number of benzene rings is 1. The molecule has 0 bridgehead atoms. The van der Waals surface area contributed by atoms with Crippen LogP contribution >= 0.6 is 0 Å². The first-order chi connectivity index (χ1) is 11.5. The minimum absolute atomic E-state index is 0.0233. The van der Waals surface area contributed by atoms with Gasteiger partial charge in [-0.2, -0.15) is 9.78 Å². The number of hydrogen-bond acceptors (Lipinski definition) is 4. The summed E-state index contributed by atoms with van der Waals surface area (Å²) in [6.07, 6.45) is 3.80. The van der Waals surface area contributed by atoms with Gasteiger partial charge in [-0.3, -0.25) is 14.2 Å². The van der Waals surface area contributed by atoms with Gasteiger partial charge in [-0.05, 0) is 37.1 Å². The molecule has 0 saturated heterocycles. The van der Waals surface area contributed by atoms with Gasteiger partial charge in [-0.15, -0.1) is 0 Å². The van der Waals surface area contributed by atoms with Crippen LogP contribution in [0.15, 0.2) is 33.9 Å². The standard InChI is InChI=1S/C16H17FN4O3/c1-20-15(23)13(14(22)18-11-4-2-3-5-11)19-21(16(20)24)12-8-6-10(17)7-9-12/h6-9,11H,2-5H2,1H3,(H,18,22). The lowest BCUT2D eigenvalue weighted by Gasteiger charge is -2.13. The van der Waals surface area contributed by atoms with Gasteiger partial charge in [-0.1, -0.05) is 12.8 Å². The van der Waals surface area contributed by atoms with Crippen LogP contribution in [0.5, 0.6) is 0 Å². The zero-order chi connectivity index (χ0) is 17.3. The van der Waals surface area contributed by atoms with Crippen molar-refractivity contribution in [3.8, 4) is 5.69 Å². The third-order valence-corrected chi connectivity index (χ3v) is 4.15. The van der Waals surface area contributed by atoms with Crippen molar-refractivity contribution in [2.45, 2.75) is 31.7 Å². The number of halogens is 1. The van der Waals surface area contributed by atoms with Gasteiger partial charge in [0.05, 0.1) is 5.69 Å². The third-order valence-electron chi connectivity index (χ3n) is 4.15. The molecule has 1 aromatic heterocycles. The molecule has 126 valence electrons. The molecule has 1 fully saturated rings. The summed E-state index contributed by atoms with van der Waals surface area (Å²) >= 11 is 0. The van der Waals surface area contributed by atoms with E-state index >= 15 is 0 Å². The van der Waals surface area contributed by atoms with Crippen molar-refractivity contribution in [1.82, 2.24) is 19.7 Å². The van der Waals surface area contributed by atoms with E-state index in [1.807, 2.05) is 0 Å². The van der Waals surface area contributed by atoms with Crippen LogP contribution in [-0.2, 0) is 7.05 Å². The molecule has 1 aliphatic rings. The summed E-state index contributed by atoms with van der Waals surface area (Å²) in [5, 5.41) is 6.69. The normalized spacial score (nSPS) is 14.8. The molecular weight excluding hydrogens is 315 g/mol. The third kappa shape index (κ3) is 2.99. The molecule has 1 saturated carbocycles. The number of rotatable bonds is 3. The number of carbonyl (C=O) groups excluding carboxylic acids is 1. The zero-order valence-corrected chi connectivity index (χ0v) is 13.2. The Kier molecular flexibility index (Phi) is 4.28. The number of carbonyl (C=O) groups is 1. The van der Waals surface area contributed by atoms with Crippen molar-refractivity contribution in [3.63, 3.8) is 0 Å². The SMILES string of the molecule is Cn1c(=O)c(C(=O)NC2CCCC2)nn(-c2ccc(F)cc2)c1=O. The maximum atomic E-state index is 13.1. The smallest absolute Gasteiger partial charge is 0.348 e. The Bertz CT molecular complexity index is 880. The highest BCUT2D eigenvalue weighted by Crippen LogP contribution is 2.17.